The first-order chi connectivity index (χ1) is 8.46. The number of halogens is 1. The van der Waals surface area contributed by atoms with Gasteiger partial charge in [0.2, 0.25) is 0 Å². The summed E-state index contributed by atoms with van der Waals surface area (Å²) in [5, 5.41) is 1.61. The third-order valence-corrected chi connectivity index (χ3v) is 4.72. The van der Waals surface area contributed by atoms with E-state index in [2.05, 4.69) is 24.6 Å². The van der Waals surface area contributed by atoms with Crippen LogP contribution in [-0.4, -0.2) is 24.2 Å². The first-order valence-corrected chi connectivity index (χ1v) is 10.2. The molecule has 0 aromatic carbocycles. The van der Waals surface area contributed by atoms with Crippen LogP contribution in [0.25, 0.3) is 11.0 Å². The van der Waals surface area contributed by atoms with Crippen molar-refractivity contribution in [1.82, 2.24) is 9.55 Å². The summed E-state index contributed by atoms with van der Waals surface area (Å²) in [6.07, 6.45) is 1.99. The molecule has 0 bridgehead atoms. The maximum absolute atomic E-state index is 5.91. The van der Waals surface area contributed by atoms with Gasteiger partial charge in [0.05, 0.1) is 0 Å². The van der Waals surface area contributed by atoms with Crippen LogP contribution in [0, 0.1) is 0 Å². The minimum Gasteiger partial charge on any atom is -0.361 e. The highest BCUT2D eigenvalue weighted by Crippen LogP contribution is 2.17. The largest absolute Gasteiger partial charge is 0.361 e. The summed E-state index contributed by atoms with van der Waals surface area (Å²) in [5.41, 5.74) is 0.885. The number of hydrogen-bond acceptors (Lipinski definition) is 2. The normalized spacial score (nSPS) is 12.2. The van der Waals surface area contributed by atoms with Gasteiger partial charge in [-0.05, 0) is 24.2 Å². The molecule has 0 spiro atoms. The van der Waals surface area contributed by atoms with Crippen molar-refractivity contribution in [3.8, 4) is 0 Å². The number of fused-ring (bicyclic) bond motifs is 1. The fourth-order valence-electron chi connectivity index (χ4n) is 1.68. The predicted octanol–water partition coefficient (Wildman–Crippen LogP) is 4.00. The molecule has 0 fully saturated rings. The molecule has 0 saturated carbocycles. The van der Waals surface area contributed by atoms with E-state index in [1.165, 1.54) is 6.04 Å². The van der Waals surface area contributed by atoms with Crippen LogP contribution < -0.4 is 0 Å². The number of aromatic nitrogens is 2. The zero-order valence-corrected chi connectivity index (χ0v) is 12.9. The lowest BCUT2D eigenvalue weighted by Gasteiger charge is -2.15. The Morgan fingerprint density at radius 1 is 1.28 bits per heavy atom. The molecule has 0 amide bonds. The van der Waals surface area contributed by atoms with Crippen molar-refractivity contribution < 1.29 is 4.74 Å². The quantitative estimate of drug-likeness (QED) is 0.471. The van der Waals surface area contributed by atoms with Crippen LogP contribution in [0.3, 0.4) is 0 Å². The molecule has 18 heavy (non-hydrogen) atoms. The molecule has 0 aliphatic carbocycles. The fourth-order valence-corrected chi connectivity index (χ4v) is 2.58. The van der Waals surface area contributed by atoms with Crippen LogP contribution in [0.15, 0.2) is 24.4 Å². The van der Waals surface area contributed by atoms with Crippen molar-refractivity contribution in [3.63, 3.8) is 0 Å². The molecule has 2 heterocycles. The molecule has 0 saturated heterocycles. The summed E-state index contributed by atoms with van der Waals surface area (Å²) < 4.78 is 7.71. The number of rotatable bonds is 5. The van der Waals surface area contributed by atoms with Gasteiger partial charge >= 0.3 is 0 Å². The maximum atomic E-state index is 5.91. The molecule has 2 rings (SSSR count). The molecule has 0 radical (unpaired) electrons. The summed E-state index contributed by atoms with van der Waals surface area (Å²) in [6.45, 7) is 8.41. The van der Waals surface area contributed by atoms with E-state index in [4.69, 9.17) is 16.3 Å². The van der Waals surface area contributed by atoms with Gasteiger partial charge in [-0.25, -0.2) is 4.98 Å². The average molecular weight is 283 g/mol. The standard InChI is InChI=1S/C13H19ClN2OSi/c1-18(2,3)9-8-17-10-16-7-6-11-4-5-12(14)15-13(11)16/h4-7H,8-10H2,1-3H3. The smallest absolute Gasteiger partial charge is 0.143 e. The lowest BCUT2D eigenvalue weighted by Crippen LogP contribution is -2.22. The van der Waals surface area contributed by atoms with E-state index in [0.29, 0.717) is 11.9 Å². The van der Waals surface area contributed by atoms with Gasteiger partial charge in [0.15, 0.2) is 0 Å². The van der Waals surface area contributed by atoms with Gasteiger partial charge in [-0.2, -0.15) is 0 Å². The fraction of sp³-hybridized carbons (Fsp3) is 0.462. The second-order valence-electron chi connectivity index (χ2n) is 5.68. The highest BCUT2D eigenvalue weighted by Gasteiger charge is 2.12. The van der Waals surface area contributed by atoms with Gasteiger partial charge in [-0.1, -0.05) is 31.2 Å². The molecule has 3 nitrogen and oxygen atoms in total. The van der Waals surface area contributed by atoms with E-state index >= 15 is 0 Å². The first kappa shape index (κ1) is 13.6. The Morgan fingerprint density at radius 3 is 2.78 bits per heavy atom. The molecular formula is C13H19ClN2OSi. The Hall–Kier alpha value is -0.843. The lowest BCUT2D eigenvalue weighted by atomic mass is 10.3. The third-order valence-electron chi connectivity index (χ3n) is 2.80. The Labute approximate surface area is 114 Å². The van der Waals surface area contributed by atoms with Crippen molar-refractivity contribution in [1.29, 1.82) is 0 Å². The molecule has 98 valence electrons. The van der Waals surface area contributed by atoms with Gasteiger partial charge < -0.3 is 9.30 Å². The van der Waals surface area contributed by atoms with E-state index in [9.17, 15) is 0 Å². The minimum atomic E-state index is -1.01. The monoisotopic (exact) mass is 282 g/mol. The van der Waals surface area contributed by atoms with Gasteiger partial charge in [0, 0.05) is 26.3 Å². The van der Waals surface area contributed by atoms with Crippen molar-refractivity contribution in [2.75, 3.05) is 6.61 Å². The predicted molar refractivity (Wildman–Crippen MR) is 78.8 cm³/mol. The molecule has 0 atom stereocenters. The molecular weight excluding hydrogens is 264 g/mol. The number of nitrogens with zero attached hydrogens (tertiary/aromatic N) is 2. The summed E-state index contributed by atoms with van der Waals surface area (Å²) in [5.74, 6) is 0. The molecule has 2 aromatic rings. The topological polar surface area (TPSA) is 27.1 Å². The van der Waals surface area contributed by atoms with Gasteiger partial charge in [-0.15, -0.1) is 0 Å². The Balaban J connectivity index is 1.98. The Bertz CT molecular complexity index is 533. The maximum Gasteiger partial charge on any atom is 0.143 e. The van der Waals surface area contributed by atoms with Gasteiger partial charge in [0.1, 0.15) is 17.5 Å². The summed E-state index contributed by atoms with van der Waals surface area (Å²) in [6, 6.07) is 6.99. The number of ether oxygens (including phenoxy) is 1. The average Bonchev–Trinajstić information content (AvgIpc) is 2.66. The molecule has 0 aliphatic rings. The van der Waals surface area contributed by atoms with E-state index < -0.39 is 8.07 Å². The van der Waals surface area contributed by atoms with Gasteiger partial charge in [0.25, 0.3) is 0 Å². The summed E-state index contributed by atoms with van der Waals surface area (Å²) >= 11 is 5.91. The molecule has 0 unspecified atom stereocenters. The van der Waals surface area contributed by atoms with E-state index in [0.717, 1.165) is 17.6 Å². The minimum absolute atomic E-state index is 0.518. The Kier molecular flexibility index (Phi) is 4.09. The van der Waals surface area contributed by atoms with Crippen LogP contribution >= 0.6 is 11.6 Å². The SMILES string of the molecule is C[Si](C)(C)CCOCn1ccc2ccc(Cl)nc21. The van der Waals surface area contributed by atoms with Crippen LogP contribution in [0.1, 0.15) is 0 Å². The lowest BCUT2D eigenvalue weighted by molar-refractivity contribution is 0.0899. The van der Waals surface area contributed by atoms with Crippen LogP contribution in [0.4, 0.5) is 0 Å². The van der Waals surface area contributed by atoms with Gasteiger partial charge in [-0.3, -0.25) is 0 Å². The molecule has 0 aliphatic heterocycles. The zero-order chi connectivity index (χ0) is 13.2. The van der Waals surface area contributed by atoms with Crippen molar-refractivity contribution in [2.45, 2.75) is 32.4 Å². The van der Waals surface area contributed by atoms with Crippen LogP contribution in [0.5, 0.6) is 0 Å². The highest BCUT2D eigenvalue weighted by molar-refractivity contribution is 6.76. The first-order valence-electron chi connectivity index (χ1n) is 6.15. The summed E-state index contributed by atoms with van der Waals surface area (Å²) in [7, 11) is -1.01. The van der Waals surface area contributed by atoms with Crippen molar-refractivity contribution in [2.24, 2.45) is 0 Å². The second kappa shape index (κ2) is 5.43. The van der Waals surface area contributed by atoms with E-state index in [1.54, 1.807) is 6.07 Å². The number of hydrogen-bond donors (Lipinski definition) is 0. The molecule has 2 aromatic heterocycles. The molecule has 0 N–H and O–H groups in total. The van der Waals surface area contributed by atoms with Crippen molar-refractivity contribution in [3.05, 3.63) is 29.5 Å². The van der Waals surface area contributed by atoms with E-state index in [1.807, 2.05) is 22.9 Å². The zero-order valence-electron chi connectivity index (χ0n) is 11.1. The molecule has 5 heteroatoms. The van der Waals surface area contributed by atoms with Crippen LogP contribution in [-0.2, 0) is 11.5 Å². The second-order valence-corrected chi connectivity index (χ2v) is 11.7. The highest BCUT2D eigenvalue weighted by atomic mass is 35.5. The number of pyridine rings is 1. The Morgan fingerprint density at radius 2 is 2.06 bits per heavy atom. The summed E-state index contributed by atoms with van der Waals surface area (Å²) in [4.78, 5) is 4.32. The van der Waals surface area contributed by atoms with Crippen molar-refractivity contribution >= 4 is 30.7 Å². The van der Waals surface area contributed by atoms with Crippen LogP contribution in [0.2, 0.25) is 30.8 Å². The van der Waals surface area contributed by atoms with E-state index in [-0.39, 0.29) is 0 Å². The third kappa shape index (κ3) is 3.57.